The van der Waals surface area contributed by atoms with Crippen molar-refractivity contribution in [2.45, 2.75) is 166 Å². The Labute approximate surface area is 298 Å². The minimum atomic E-state index is -3.64. The second-order valence-corrected chi connectivity index (χ2v) is 21.1. The van der Waals surface area contributed by atoms with Gasteiger partial charge in [0.05, 0.1) is 15.5 Å². The first-order valence-electron chi connectivity index (χ1n) is 18.9. The largest absolute Gasteiger partial charge is 0.363 e. The molecule has 4 saturated carbocycles. The van der Waals surface area contributed by atoms with Crippen LogP contribution in [0.4, 0.5) is 4.79 Å². The zero-order valence-corrected chi connectivity index (χ0v) is 32.3. The first kappa shape index (κ1) is 38.5. The number of carbonyl (C=O) groups is 5. The van der Waals surface area contributed by atoms with Crippen molar-refractivity contribution in [2.75, 3.05) is 6.54 Å². The second-order valence-electron chi connectivity index (χ2n) is 18.1. The SMILES string of the molecule is CC[C@@H]1C[C@@]1(NC(=O)[C@@H]1[C@@H]2[C@H](CN1C(=O)[C@@H](NC(=O)NC1([C@@H](C)S(=O)(=O)C(C)(C)C)CCCCC1)C1(C)CCCCC1)C2(C)C)C(=O)C(N)=O. The Bertz CT molecular complexity index is 1510. The molecule has 5 amide bonds. The van der Waals surface area contributed by atoms with Gasteiger partial charge in [-0.2, -0.15) is 0 Å². The van der Waals surface area contributed by atoms with E-state index in [0.717, 1.165) is 38.5 Å². The molecule has 1 heterocycles. The molecule has 5 aliphatic rings. The van der Waals surface area contributed by atoms with Crippen LogP contribution in [0.15, 0.2) is 0 Å². The fraction of sp³-hybridized carbons (Fsp3) is 0.865. The van der Waals surface area contributed by atoms with Gasteiger partial charge >= 0.3 is 6.03 Å². The number of nitrogens with one attached hydrogen (secondary N) is 3. The van der Waals surface area contributed by atoms with E-state index in [4.69, 9.17) is 5.73 Å². The highest BCUT2D eigenvalue weighted by molar-refractivity contribution is 7.93. The third kappa shape index (κ3) is 6.46. The Kier molecular flexibility index (Phi) is 10.1. The van der Waals surface area contributed by atoms with Gasteiger partial charge in [0.2, 0.25) is 17.6 Å². The molecule has 13 heteroatoms. The Balaban J connectivity index is 1.44. The Hall–Kier alpha value is -2.70. The number of urea groups is 1. The first-order chi connectivity index (χ1) is 23.1. The average Bonchev–Trinajstić information content (AvgIpc) is 3.80. The van der Waals surface area contributed by atoms with Crippen molar-refractivity contribution in [1.82, 2.24) is 20.9 Å². The molecule has 5 rings (SSSR count). The highest BCUT2D eigenvalue weighted by Crippen LogP contribution is 2.65. The molecule has 7 atom stereocenters. The number of amides is 5. The lowest BCUT2D eigenvalue weighted by Crippen LogP contribution is -2.66. The van der Waals surface area contributed by atoms with Crippen LogP contribution in [0, 0.1) is 28.6 Å². The minimum absolute atomic E-state index is 0.0637. The van der Waals surface area contributed by atoms with Gasteiger partial charge in [0.1, 0.15) is 17.6 Å². The molecule has 0 spiro atoms. The quantitative estimate of drug-likeness (QED) is 0.234. The lowest BCUT2D eigenvalue weighted by Gasteiger charge is -2.46. The van der Waals surface area contributed by atoms with E-state index >= 15 is 0 Å². The molecule has 50 heavy (non-hydrogen) atoms. The number of hydrogen-bond donors (Lipinski definition) is 4. The van der Waals surface area contributed by atoms with E-state index in [1.165, 1.54) is 0 Å². The summed E-state index contributed by atoms with van der Waals surface area (Å²) in [6.45, 7) is 15.1. The lowest BCUT2D eigenvalue weighted by atomic mass is 9.70. The Morgan fingerprint density at radius 2 is 1.46 bits per heavy atom. The summed E-state index contributed by atoms with van der Waals surface area (Å²) in [6, 6.07) is -2.41. The predicted molar refractivity (Wildman–Crippen MR) is 190 cm³/mol. The van der Waals surface area contributed by atoms with Gasteiger partial charge in [-0.25, -0.2) is 13.2 Å². The maximum Gasteiger partial charge on any atom is 0.315 e. The normalized spacial score (nSPS) is 32.1. The fourth-order valence-electron chi connectivity index (χ4n) is 10.0. The Morgan fingerprint density at radius 3 is 1.96 bits per heavy atom. The van der Waals surface area contributed by atoms with Crippen LogP contribution in [0.1, 0.15) is 132 Å². The number of carbonyl (C=O) groups excluding carboxylic acids is 5. The molecular weight excluding hydrogens is 659 g/mol. The maximum atomic E-state index is 14.9. The molecule has 5 N–H and O–H groups in total. The zero-order chi connectivity index (χ0) is 37.2. The smallest absolute Gasteiger partial charge is 0.315 e. The van der Waals surface area contributed by atoms with Crippen LogP contribution < -0.4 is 21.7 Å². The first-order valence-corrected chi connectivity index (χ1v) is 20.4. The summed E-state index contributed by atoms with van der Waals surface area (Å²) in [5.41, 5.74) is 2.27. The van der Waals surface area contributed by atoms with Crippen LogP contribution in [-0.4, -0.2) is 82.6 Å². The van der Waals surface area contributed by atoms with Crippen LogP contribution in [0.3, 0.4) is 0 Å². The van der Waals surface area contributed by atoms with Gasteiger partial charge in [-0.1, -0.05) is 72.6 Å². The number of ketones is 1. The van der Waals surface area contributed by atoms with Gasteiger partial charge in [-0.05, 0) is 88.4 Å². The summed E-state index contributed by atoms with van der Waals surface area (Å²) in [4.78, 5) is 69.8. The number of piperidine rings is 1. The summed E-state index contributed by atoms with van der Waals surface area (Å²) in [5.74, 6) is -3.02. The number of rotatable bonds is 11. The topological polar surface area (TPSA) is 185 Å². The van der Waals surface area contributed by atoms with E-state index in [1.54, 1.807) is 32.6 Å². The van der Waals surface area contributed by atoms with Crippen LogP contribution in [0.25, 0.3) is 0 Å². The molecule has 0 bridgehead atoms. The minimum Gasteiger partial charge on any atom is -0.363 e. The average molecular weight is 720 g/mol. The fourth-order valence-corrected chi connectivity index (χ4v) is 12.0. The number of primary amides is 1. The van der Waals surface area contributed by atoms with Crippen molar-refractivity contribution >= 4 is 39.4 Å². The highest BCUT2D eigenvalue weighted by atomic mass is 32.2. The molecule has 4 aliphatic carbocycles. The zero-order valence-electron chi connectivity index (χ0n) is 31.4. The van der Waals surface area contributed by atoms with Crippen LogP contribution >= 0.6 is 0 Å². The van der Waals surface area contributed by atoms with E-state index < -0.39 is 72.0 Å². The third-order valence-electron chi connectivity index (χ3n) is 13.8. The van der Waals surface area contributed by atoms with Gasteiger partial charge in [0.25, 0.3) is 5.91 Å². The van der Waals surface area contributed by atoms with E-state index in [2.05, 4.69) is 29.8 Å². The van der Waals surface area contributed by atoms with Crippen LogP contribution in [-0.2, 0) is 29.0 Å². The number of nitrogens with two attached hydrogens (primary N) is 1. The second kappa shape index (κ2) is 13.1. The molecule has 5 fully saturated rings. The molecule has 0 radical (unpaired) electrons. The van der Waals surface area contributed by atoms with Crippen molar-refractivity contribution in [3.8, 4) is 0 Å². The van der Waals surface area contributed by atoms with E-state index in [9.17, 15) is 32.4 Å². The number of nitrogens with zero attached hydrogens (tertiary/aromatic N) is 1. The van der Waals surface area contributed by atoms with Crippen LogP contribution in [0.2, 0.25) is 0 Å². The molecule has 0 aromatic carbocycles. The number of fused-ring (bicyclic) bond motifs is 1. The lowest BCUT2D eigenvalue weighted by molar-refractivity contribution is -0.146. The molecule has 0 unspecified atom stereocenters. The monoisotopic (exact) mass is 719 g/mol. The highest BCUT2D eigenvalue weighted by Gasteiger charge is 2.71. The van der Waals surface area contributed by atoms with E-state index in [1.807, 2.05) is 13.8 Å². The molecule has 282 valence electrons. The summed E-state index contributed by atoms with van der Waals surface area (Å²) >= 11 is 0. The van der Waals surface area contributed by atoms with Gasteiger partial charge in [-0.3, -0.25) is 19.2 Å². The summed E-state index contributed by atoms with van der Waals surface area (Å²) < 4.78 is 26.5. The summed E-state index contributed by atoms with van der Waals surface area (Å²) in [7, 11) is -3.64. The van der Waals surface area contributed by atoms with E-state index in [0.29, 0.717) is 45.1 Å². The molecule has 1 aliphatic heterocycles. The van der Waals surface area contributed by atoms with Crippen molar-refractivity contribution < 1.29 is 32.4 Å². The number of sulfone groups is 1. The molecule has 0 aromatic heterocycles. The van der Waals surface area contributed by atoms with Crippen LogP contribution in [0.5, 0.6) is 0 Å². The Morgan fingerprint density at radius 1 is 0.900 bits per heavy atom. The van der Waals surface area contributed by atoms with E-state index in [-0.39, 0.29) is 29.1 Å². The molecule has 0 aromatic rings. The van der Waals surface area contributed by atoms with Gasteiger partial charge in [0, 0.05) is 6.54 Å². The number of likely N-dealkylation sites (tertiary alicyclic amines) is 1. The standard InChI is InChI=1S/C37H61N5O7S/c1-9-23-20-37(23,28(43)29(38)44)40-30(45)26-25-24(34(25,6)7)21-42(26)31(46)27(35(8)16-12-10-13-17-35)39-32(47)41-36(18-14-11-15-19-36)22(2)50(48,49)33(3,4)5/h22-27H,9-21H2,1-8H3,(H2,38,44)(H,40,45)(H2,39,41,47)/t22-,23-,24+,25+,26+,27-,37+/m1/s1. The number of Topliss-reactive ketones (excluding diaryl/α,β-unsaturated/α-hetero) is 1. The number of hydrogen-bond acceptors (Lipinski definition) is 7. The molecule has 1 saturated heterocycles. The van der Waals surface area contributed by atoms with Gasteiger partial charge < -0.3 is 26.6 Å². The summed E-state index contributed by atoms with van der Waals surface area (Å²) in [5, 5.41) is 8.23. The van der Waals surface area contributed by atoms with Crippen molar-refractivity contribution in [3.63, 3.8) is 0 Å². The summed E-state index contributed by atoms with van der Waals surface area (Å²) in [6.07, 6.45) is 8.70. The van der Waals surface area contributed by atoms with Crippen molar-refractivity contribution in [2.24, 2.45) is 34.3 Å². The van der Waals surface area contributed by atoms with Crippen molar-refractivity contribution in [1.29, 1.82) is 0 Å². The maximum absolute atomic E-state index is 14.9. The predicted octanol–water partition coefficient (Wildman–Crippen LogP) is 3.75. The molecule has 12 nitrogen and oxygen atoms in total. The third-order valence-corrected chi connectivity index (χ3v) is 16.8. The van der Waals surface area contributed by atoms with Crippen molar-refractivity contribution in [3.05, 3.63) is 0 Å². The molecular formula is C37H61N5O7S. The van der Waals surface area contributed by atoms with Gasteiger partial charge in [-0.15, -0.1) is 0 Å². The van der Waals surface area contributed by atoms with Gasteiger partial charge in [0.15, 0.2) is 9.84 Å².